The van der Waals surface area contributed by atoms with Crippen LogP contribution in [0.1, 0.15) is 39.9 Å². The van der Waals surface area contributed by atoms with Crippen molar-refractivity contribution in [3.63, 3.8) is 0 Å². The van der Waals surface area contributed by atoms with Crippen molar-refractivity contribution in [1.29, 1.82) is 0 Å². The van der Waals surface area contributed by atoms with Crippen molar-refractivity contribution in [3.8, 4) is 5.75 Å². The number of benzene rings is 2. The quantitative estimate of drug-likeness (QED) is 0.0125. The maximum absolute atomic E-state index is 13.7. The molecule has 0 spiro atoms. The van der Waals surface area contributed by atoms with E-state index >= 15 is 0 Å². The van der Waals surface area contributed by atoms with Crippen LogP contribution in [0.25, 0.3) is 10.9 Å². The Balaban J connectivity index is 1.08. The van der Waals surface area contributed by atoms with Crippen LogP contribution >= 0.6 is 0 Å². The molecule has 89 heavy (non-hydrogen) atoms. The van der Waals surface area contributed by atoms with Crippen molar-refractivity contribution in [3.05, 3.63) is 81.4 Å². The number of carboxylic acid groups (broad SMARTS) is 2. The topological polar surface area (TPSA) is 486 Å². The molecular formula is C52H74N14O20S3. The highest BCUT2D eigenvalue weighted by atomic mass is 32.2. The molecule has 0 radical (unpaired) electrons. The number of fused-ring (bicyclic) bond motifs is 1. The van der Waals surface area contributed by atoms with Crippen LogP contribution in [0.5, 0.6) is 5.75 Å². The molecule has 34 nitrogen and oxygen atoms in total. The van der Waals surface area contributed by atoms with Crippen LogP contribution < -0.4 is 52.1 Å². The summed E-state index contributed by atoms with van der Waals surface area (Å²) < 4.78 is 104. The second-order valence-corrected chi connectivity index (χ2v) is 25.3. The van der Waals surface area contributed by atoms with Gasteiger partial charge in [-0.25, -0.2) is 13.4 Å². The number of anilines is 1. The predicted molar refractivity (Wildman–Crippen MR) is 318 cm³/mol. The van der Waals surface area contributed by atoms with Crippen molar-refractivity contribution in [2.24, 2.45) is 7.05 Å². The van der Waals surface area contributed by atoms with Gasteiger partial charge in [0.2, 0.25) is 39.1 Å². The molecule has 13 N–H and O–H groups in total. The molecule has 0 aliphatic carbocycles. The number of H-pyrrole nitrogens is 1. The number of carbonyl (C=O) groups is 8. The van der Waals surface area contributed by atoms with Crippen LogP contribution in [0, 0.1) is 13.8 Å². The fraction of sp³-hybridized carbons (Fsp3) is 0.500. The summed E-state index contributed by atoms with van der Waals surface area (Å²) in [5, 5.41) is 37.1. The first-order chi connectivity index (χ1) is 41.9. The molecule has 2 aromatic carbocycles. The maximum atomic E-state index is 13.7. The lowest BCUT2D eigenvalue weighted by Gasteiger charge is -2.30. The Bertz CT molecular complexity index is 3570. The van der Waals surface area contributed by atoms with E-state index in [1.807, 2.05) is 10.2 Å². The van der Waals surface area contributed by atoms with E-state index in [2.05, 4.69) is 46.6 Å². The van der Waals surface area contributed by atoms with Crippen molar-refractivity contribution in [2.45, 2.75) is 56.3 Å². The molecule has 1 aliphatic rings. The number of amides is 5. The number of ether oxygens (including phenoxy) is 1. The van der Waals surface area contributed by atoms with E-state index < -0.39 is 120 Å². The third-order valence-corrected chi connectivity index (χ3v) is 16.8. The van der Waals surface area contributed by atoms with Gasteiger partial charge in [-0.05, 0) is 61.2 Å². The minimum Gasteiger partial charge on any atom is -0.494 e. The lowest BCUT2D eigenvalue weighted by Crippen LogP contribution is -2.58. The minimum atomic E-state index is -5.03. The smallest absolute Gasteiger partial charge is 0.323 e. The summed E-state index contributed by atoms with van der Waals surface area (Å²) in [4.78, 5) is 126. The van der Waals surface area contributed by atoms with Gasteiger partial charge >= 0.3 is 11.9 Å². The van der Waals surface area contributed by atoms with Gasteiger partial charge < -0.3 is 66.5 Å². The van der Waals surface area contributed by atoms with E-state index in [9.17, 15) is 87.7 Å². The van der Waals surface area contributed by atoms with Crippen LogP contribution in [0.15, 0.2) is 58.6 Å². The molecule has 0 unspecified atom stereocenters. The van der Waals surface area contributed by atoms with Gasteiger partial charge in [0.15, 0.2) is 5.95 Å². The van der Waals surface area contributed by atoms with Crippen LogP contribution in [-0.2, 0) is 77.4 Å². The minimum absolute atomic E-state index is 0.0668. The van der Waals surface area contributed by atoms with Crippen LogP contribution in [0.4, 0.5) is 5.95 Å². The first-order valence-electron chi connectivity index (χ1n) is 27.6. The van der Waals surface area contributed by atoms with Crippen molar-refractivity contribution in [1.82, 2.24) is 65.9 Å². The molecule has 37 heteroatoms. The molecule has 5 rings (SSSR count). The third kappa shape index (κ3) is 24.1. The summed E-state index contributed by atoms with van der Waals surface area (Å²) in [6.45, 7) is 3.36. The van der Waals surface area contributed by atoms with Gasteiger partial charge in [-0.15, -0.1) is 0 Å². The van der Waals surface area contributed by atoms with E-state index in [0.717, 1.165) is 11.8 Å². The molecule has 490 valence electrons. The number of aliphatic carboxylic acids is 2. The SMILES string of the molecule is Cc1cc(OCCCC(=O)NCCNC(=O)[C@H](CS(=O)(=O)O)NC(=O)[C@H](CS(=O)(=O)O)NC(=O)CN2CCNCCN(CC=O)CCN(CC(=O)O)CC2)cc(C)c1S(=O)(=O)N[C@@H](CNC(=O)c1cn(C)c2cc(CNc3ncc[nH]3)ccc2c1=O)C(=O)O. The fourth-order valence-corrected chi connectivity index (χ4v) is 12.3. The lowest BCUT2D eigenvalue weighted by atomic mass is 10.1. The van der Waals surface area contributed by atoms with Crippen molar-refractivity contribution < 1.29 is 87.7 Å². The molecule has 0 saturated carbocycles. The maximum Gasteiger partial charge on any atom is 0.323 e. The van der Waals surface area contributed by atoms with Crippen molar-refractivity contribution in [2.75, 3.05) is 115 Å². The number of sulfonamides is 1. The monoisotopic (exact) mass is 1310 g/mol. The molecule has 5 amide bonds. The van der Waals surface area contributed by atoms with Crippen LogP contribution in [0.3, 0.4) is 0 Å². The second kappa shape index (κ2) is 33.5. The Morgan fingerprint density at radius 2 is 1.38 bits per heavy atom. The Kier molecular flexibility index (Phi) is 27.0. The number of nitrogens with one attached hydrogen (secondary N) is 9. The standard InChI is InChI=1S/C52H74N14O20S3/c1-33-23-36(24-34(2)47(33)89(84,85)62-39(51(76)77)27-58-48(73)38-28-63(3)42-25-35(6-7-37(42)46(38)72)26-59-52-56-10-11-57-52)86-22-4-5-43(68)54-8-9-55-49(74)40(31-87(78,79)80)61-50(75)41(32-88(81,82)83)60-44(69)29-65-15-13-53-12-14-64(20-21-67)16-17-66(19-18-65)30-45(70)71/h6-7,10-11,21,23-25,28,39-41,53,62H,4-5,8-9,12-20,22,26-27,29-32H2,1-3H3,(H,54,68)(H,55,74)(H,58,73)(H,60,69)(H,61,75)(H,70,71)(H,76,77)(H2,56,57,59)(H,78,79,80)(H,81,82,83)/t39-,40-,41-/m0/s1. The zero-order valence-corrected chi connectivity index (χ0v) is 51.3. The van der Waals surface area contributed by atoms with Gasteiger partial charge in [-0.1, -0.05) is 6.07 Å². The number of aromatic nitrogens is 3. The first-order valence-corrected chi connectivity index (χ1v) is 32.3. The van der Waals surface area contributed by atoms with Gasteiger partial charge in [-0.3, -0.25) is 62.2 Å². The average molecular weight is 1310 g/mol. The molecule has 0 bridgehead atoms. The Morgan fingerprint density at radius 3 is 1.99 bits per heavy atom. The average Bonchev–Trinajstić information content (AvgIpc) is 1.57. The van der Waals surface area contributed by atoms with E-state index in [-0.39, 0.29) is 105 Å². The molecular weight excluding hydrogens is 1240 g/mol. The fourth-order valence-electron chi connectivity index (χ4n) is 9.30. The molecule has 2 aromatic heterocycles. The summed E-state index contributed by atoms with van der Waals surface area (Å²) in [5.74, 6) is -10.0. The molecule has 1 saturated heterocycles. The number of aromatic amines is 1. The van der Waals surface area contributed by atoms with Gasteiger partial charge in [0, 0.05) is 116 Å². The van der Waals surface area contributed by atoms with E-state index in [1.165, 1.54) is 32.2 Å². The largest absolute Gasteiger partial charge is 0.494 e. The summed E-state index contributed by atoms with van der Waals surface area (Å²) >= 11 is 0. The van der Waals surface area contributed by atoms with Crippen molar-refractivity contribution >= 4 is 94.9 Å². The summed E-state index contributed by atoms with van der Waals surface area (Å²) in [5.41, 5.74) is 0.668. The molecule has 1 aliphatic heterocycles. The Hall–Kier alpha value is -8.01. The number of hydrogen-bond donors (Lipinski definition) is 13. The Labute approximate surface area is 511 Å². The predicted octanol–water partition coefficient (Wildman–Crippen LogP) is -4.42. The zero-order valence-electron chi connectivity index (χ0n) is 48.9. The molecule has 1 fully saturated rings. The zero-order chi connectivity index (χ0) is 65.6. The summed E-state index contributed by atoms with van der Waals surface area (Å²) in [7, 11) is -13.0. The number of aryl methyl sites for hydroxylation is 3. The normalized spacial score (nSPS) is 15.2. The molecule has 3 atom stereocenters. The van der Waals surface area contributed by atoms with Gasteiger partial charge in [0.25, 0.3) is 26.1 Å². The van der Waals surface area contributed by atoms with E-state index in [4.69, 9.17) is 4.74 Å². The number of carboxylic acids is 2. The van der Waals surface area contributed by atoms with Gasteiger partial charge in [-0.2, -0.15) is 21.6 Å². The first kappa shape index (κ1) is 71.7. The van der Waals surface area contributed by atoms with Crippen LogP contribution in [0.2, 0.25) is 0 Å². The van der Waals surface area contributed by atoms with E-state index in [0.29, 0.717) is 44.2 Å². The third-order valence-electron chi connectivity index (χ3n) is 13.6. The highest BCUT2D eigenvalue weighted by Gasteiger charge is 2.34. The summed E-state index contributed by atoms with van der Waals surface area (Å²) in [6, 6.07) is 1.65. The number of nitrogens with zero attached hydrogens (tertiary/aromatic N) is 5. The second-order valence-electron chi connectivity index (χ2n) is 20.7. The number of rotatable bonds is 32. The number of hydrogen-bond acceptors (Lipinski definition) is 22. The van der Waals surface area contributed by atoms with E-state index in [1.54, 1.807) is 52.0 Å². The number of imidazole rings is 1. The lowest BCUT2D eigenvalue weighted by molar-refractivity contribution is -0.139. The van der Waals surface area contributed by atoms with Crippen LogP contribution in [-0.4, -0.2) is 249 Å². The highest BCUT2D eigenvalue weighted by molar-refractivity contribution is 7.89. The summed E-state index contributed by atoms with van der Waals surface area (Å²) in [6.07, 6.45) is 5.23. The number of carbonyl (C=O) groups excluding carboxylic acids is 6. The Morgan fingerprint density at radius 1 is 0.764 bits per heavy atom. The van der Waals surface area contributed by atoms with Gasteiger partial charge in [0.1, 0.15) is 47.2 Å². The number of aldehydes is 1. The number of pyridine rings is 1. The highest BCUT2D eigenvalue weighted by Crippen LogP contribution is 2.26. The van der Waals surface area contributed by atoms with Gasteiger partial charge in [0.05, 0.1) is 36.7 Å². The molecule has 3 heterocycles. The molecule has 4 aromatic rings.